The molecule has 7 heteroatoms. The summed E-state index contributed by atoms with van der Waals surface area (Å²) in [5.41, 5.74) is 0.673. The Balaban J connectivity index is 1.68. The molecule has 31 heavy (non-hydrogen) atoms. The Morgan fingerprint density at radius 1 is 0.968 bits per heavy atom. The summed E-state index contributed by atoms with van der Waals surface area (Å²) in [4.78, 5) is 41.0. The van der Waals surface area contributed by atoms with Crippen LogP contribution in [0.5, 0.6) is 0 Å². The molecule has 2 N–H and O–H groups in total. The molecule has 1 aromatic carbocycles. The molecule has 0 aliphatic carbocycles. The molecule has 6 nitrogen and oxygen atoms in total. The van der Waals surface area contributed by atoms with E-state index in [2.05, 4.69) is 24.5 Å². The second kappa shape index (κ2) is 10.6. The lowest BCUT2D eigenvalue weighted by atomic mass is 9.88. The van der Waals surface area contributed by atoms with E-state index in [-0.39, 0.29) is 29.7 Å². The Labute approximate surface area is 188 Å². The van der Waals surface area contributed by atoms with Crippen LogP contribution in [-0.2, 0) is 4.79 Å². The highest BCUT2D eigenvalue weighted by atomic mass is 32.1. The van der Waals surface area contributed by atoms with Gasteiger partial charge < -0.3 is 15.5 Å². The molecule has 0 radical (unpaired) electrons. The summed E-state index contributed by atoms with van der Waals surface area (Å²) in [7, 11) is 0. The Kier molecular flexibility index (Phi) is 7.85. The molecular weight excluding hydrogens is 410 g/mol. The van der Waals surface area contributed by atoms with E-state index < -0.39 is 6.04 Å². The fourth-order valence-electron chi connectivity index (χ4n) is 3.70. The summed E-state index contributed by atoms with van der Waals surface area (Å²) < 4.78 is 0. The van der Waals surface area contributed by atoms with Gasteiger partial charge in [0, 0.05) is 24.7 Å². The van der Waals surface area contributed by atoms with Crippen molar-refractivity contribution in [3.8, 4) is 0 Å². The van der Waals surface area contributed by atoms with Gasteiger partial charge in [-0.25, -0.2) is 0 Å². The smallest absolute Gasteiger partial charge is 0.262 e. The Hall–Kier alpha value is -2.67. The SMILES string of the molecule is CC(C)[C@@H](C)NC(=O)[C@H](NC(=O)c1cccs1)C1CCN(C(=O)c2ccccc2)CC1. The van der Waals surface area contributed by atoms with Crippen LogP contribution in [0.3, 0.4) is 0 Å². The first-order chi connectivity index (χ1) is 14.9. The lowest BCUT2D eigenvalue weighted by molar-refractivity contribution is -0.125. The highest BCUT2D eigenvalue weighted by Gasteiger charge is 2.35. The van der Waals surface area contributed by atoms with Crippen molar-refractivity contribution in [3.05, 3.63) is 58.3 Å². The number of hydrogen-bond acceptors (Lipinski definition) is 4. The largest absolute Gasteiger partial charge is 0.352 e. The van der Waals surface area contributed by atoms with Gasteiger partial charge in [-0.2, -0.15) is 0 Å². The van der Waals surface area contributed by atoms with Crippen molar-refractivity contribution in [1.29, 1.82) is 0 Å². The van der Waals surface area contributed by atoms with Gasteiger partial charge in [0.1, 0.15) is 6.04 Å². The number of benzene rings is 1. The molecule has 1 aliphatic rings. The molecule has 166 valence electrons. The fourth-order valence-corrected chi connectivity index (χ4v) is 4.32. The molecule has 1 saturated heterocycles. The number of likely N-dealkylation sites (tertiary alicyclic amines) is 1. The maximum Gasteiger partial charge on any atom is 0.262 e. The lowest BCUT2D eigenvalue weighted by Gasteiger charge is -2.36. The van der Waals surface area contributed by atoms with Crippen molar-refractivity contribution in [2.75, 3.05) is 13.1 Å². The van der Waals surface area contributed by atoms with E-state index in [1.807, 2.05) is 53.6 Å². The van der Waals surface area contributed by atoms with Crippen molar-refractivity contribution in [2.45, 2.75) is 45.7 Å². The predicted octanol–water partition coefficient (Wildman–Crippen LogP) is 3.56. The van der Waals surface area contributed by atoms with Gasteiger partial charge >= 0.3 is 0 Å². The Morgan fingerprint density at radius 2 is 1.65 bits per heavy atom. The van der Waals surface area contributed by atoms with E-state index in [0.29, 0.717) is 42.3 Å². The highest BCUT2D eigenvalue weighted by Crippen LogP contribution is 2.23. The minimum atomic E-state index is -0.621. The number of hydrogen-bond donors (Lipinski definition) is 2. The van der Waals surface area contributed by atoms with Crippen LogP contribution in [-0.4, -0.2) is 47.8 Å². The van der Waals surface area contributed by atoms with Crippen LogP contribution in [0.4, 0.5) is 0 Å². The maximum absolute atomic E-state index is 13.1. The summed E-state index contributed by atoms with van der Waals surface area (Å²) >= 11 is 1.36. The molecule has 0 saturated carbocycles. The van der Waals surface area contributed by atoms with Gasteiger partial charge in [0.05, 0.1) is 4.88 Å². The summed E-state index contributed by atoms with van der Waals surface area (Å²) in [6.45, 7) is 7.21. The zero-order valence-electron chi connectivity index (χ0n) is 18.3. The zero-order chi connectivity index (χ0) is 22.4. The van der Waals surface area contributed by atoms with Gasteiger partial charge in [-0.15, -0.1) is 11.3 Å². The summed E-state index contributed by atoms with van der Waals surface area (Å²) in [6.07, 6.45) is 1.33. The lowest BCUT2D eigenvalue weighted by Crippen LogP contribution is -2.55. The summed E-state index contributed by atoms with van der Waals surface area (Å²) in [6, 6.07) is 12.2. The molecule has 3 amide bonds. The first-order valence-electron chi connectivity index (χ1n) is 10.9. The van der Waals surface area contributed by atoms with Crippen molar-refractivity contribution in [1.82, 2.24) is 15.5 Å². The molecule has 2 atom stereocenters. The van der Waals surface area contributed by atoms with Crippen LogP contribution in [0, 0.1) is 11.8 Å². The Morgan fingerprint density at radius 3 is 2.23 bits per heavy atom. The third-order valence-corrected chi connectivity index (χ3v) is 6.87. The van der Waals surface area contributed by atoms with Gasteiger partial charge in [-0.3, -0.25) is 14.4 Å². The van der Waals surface area contributed by atoms with Gasteiger partial charge in [0.15, 0.2) is 0 Å². The molecule has 2 aromatic rings. The molecule has 0 bridgehead atoms. The number of nitrogens with zero attached hydrogens (tertiary/aromatic N) is 1. The number of thiophene rings is 1. The minimum Gasteiger partial charge on any atom is -0.352 e. The average molecular weight is 442 g/mol. The molecule has 3 rings (SSSR count). The molecule has 0 unspecified atom stereocenters. The van der Waals surface area contributed by atoms with Crippen LogP contribution in [0.25, 0.3) is 0 Å². The van der Waals surface area contributed by atoms with Crippen LogP contribution in [0.1, 0.15) is 53.6 Å². The van der Waals surface area contributed by atoms with Crippen molar-refractivity contribution in [3.63, 3.8) is 0 Å². The van der Waals surface area contributed by atoms with Crippen LogP contribution >= 0.6 is 11.3 Å². The van der Waals surface area contributed by atoms with Crippen LogP contribution in [0.15, 0.2) is 47.8 Å². The number of nitrogens with one attached hydrogen (secondary N) is 2. The van der Waals surface area contributed by atoms with Gasteiger partial charge in [0.25, 0.3) is 11.8 Å². The molecule has 0 spiro atoms. The van der Waals surface area contributed by atoms with E-state index in [9.17, 15) is 14.4 Å². The summed E-state index contributed by atoms with van der Waals surface area (Å²) in [5.74, 6) is -0.101. The number of piperidine rings is 1. The number of amides is 3. The Bertz CT molecular complexity index is 875. The second-order valence-corrected chi connectivity index (χ2v) is 9.41. The van der Waals surface area contributed by atoms with Crippen LogP contribution in [0.2, 0.25) is 0 Å². The molecule has 1 aromatic heterocycles. The normalized spacial score (nSPS) is 16.6. The summed E-state index contributed by atoms with van der Waals surface area (Å²) in [5, 5.41) is 7.87. The maximum atomic E-state index is 13.1. The number of carbonyl (C=O) groups excluding carboxylic acids is 3. The number of carbonyl (C=O) groups is 3. The van der Waals surface area contributed by atoms with Gasteiger partial charge in [0.2, 0.25) is 5.91 Å². The second-order valence-electron chi connectivity index (χ2n) is 8.47. The topological polar surface area (TPSA) is 78.5 Å². The van der Waals surface area contributed by atoms with Gasteiger partial charge in [-0.05, 0) is 55.2 Å². The first kappa shape index (κ1) is 23.0. The van der Waals surface area contributed by atoms with Crippen molar-refractivity contribution >= 4 is 29.1 Å². The molecular formula is C24H31N3O3S. The van der Waals surface area contributed by atoms with E-state index in [1.54, 1.807) is 6.07 Å². The van der Waals surface area contributed by atoms with Crippen molar-refractivity contribution < 1.29 is 14.4 Å². The zero-order valence-corrected chi connectivity index (χ0v) is 19.2. The number of rotatable bonds is 7. The molecule has 1 fully saturated rings. The third kappa shape index (κ3) is 5.94. The van der Waals surface area contributed by atoms with Gasteiger partial charge in [-0.1, -0.05) is 38.1 Å². The van der Waals surface area contributed by atoms with E-state index in [4.69, 9.17) is 0 Å². The minimum absolute atomic E-state index is 0.00777. The first-order valence-corrected chi connectivity index (χ1v) is 11.7. The third-order valence-electron chi connectivity index (χ3n) is 6.00. The highest BCUT2D eigenvalue weighted by molar-refractivity contribution is 7.12. The standard InChI is InChI=1S/C24H31N3O3S/c1-16(2)17(3)25-23(29)21(26-22(28)20-10-7-15-31-20)18-11-13-27(14-12-18)24(30)19-8-5-4-6-9-19/h4-10,15-18,21H,11-14H2,1-3H3,(H,25,29)(H,26,28)/t17-,21-/m1/s1. The monoisotopic (exact) mass is 441 g/mol. The van der Waals surface area contributed by atoms with E-state index in [1.165, 1.54) is 11.3 Å². The van der Waals surface area contributed by atoms with Crippen molar-refractivity contribution in [2.24, 2.45) is 11.8 Å². The quantitative estimate of drug-likeness (QED) is 0.690. The average Bonchev–Trinajstić information content (AvgIpc) is 3.32. The predicted molar refractivity (Wildman–Crippen MR) is 123 cm³/mol. The van der Waals surface area contributed by atoms with E-state index in [0.717, 1.165) is 0 Å². The van der Waals surface area contributed by atoms with Crippen LogP contribution < -0.4 is 10.6 Å². The molecule has 1 aliphatic heterocycles. The fraction of sp³-hybridized carbons (Fsp3) is 0.458. The van der Waals surface area contributed by atoms with E-state index >= 15 is 0 Å². The molecule has 2 heterocycles.